The van der Waals surface area contributed by atoms with Gasteiger partial charge in [-0.15, -0.1) is 0 Å². The molecule has 0 bridgehead atoms. The molecule has 0 spiro atoms. The zero-order valence-electron chi connectivity index (χ0n) is 10.4. The summed E-state index contributed by atoms with van der Waals surface area (Å²) in [6.45, 7) is 5.16. The average molecular weight is 214 g/mol. The highest BCUT2D eigenvalue weighted by Crippen LogP contribution is 2.30. The number of rotatable bonds is 4. The predicted molar refractivity (Wildman–Crippen MR) is 63.7 cm³/mol. The first-order valence-corrected chi connectivity index (χ1v) is 6.07. The molecule has 1 saturated carbocycles. The van der Waals surface area contributed by atoms with Gasteiger partial charge < -0.3 is 10.8 Å². The maximum atomic E-state index is 9.38. The van der Waals surface area contributed by atoms with Crippen LogP contribution in [0, 0.1) is 5.92 Å². The van der Waals surface area contributed by atoms with Crippen LogP contribution < -0.4 is 5.73 Å². The third kappa shape index (κ3) is 2.92. The van der Waals surface area contributed by atoms with Gasteiger partial charge in [-0.1, -0.05) is 12.8 Å². The molecule has 15 heavy (non-hydrogen) atoms. The minimum absolute atomic E-state index is 0.130. The molecule has 1 fully saturated rings. The van der Waals surface area contributed by atoms with Gasteiger partial charge in [-0.05, 0) is 46.2 Å². The van der Waals surface area contributed by atoms with Gasteiger partial charge in [0.1, 0.15) is 0 Å². The molecule has 0 aromatic heterocycles. The third-order valence-electron chi connectivity index (χ3n) is 4.01. The Balaban J connectivity index is 2.67. The summed E-state index contributed by atoms with van der Waals surface area (Å²) in [6, 6.07) is 0.547. The van der Waals surface area contributed by atoms with Crippen LogP contribution in [0.3, 0.4) is 0 Å². The van der Waals surface area contributed by atoms with E-state index in [1.807, 2.05) is 0 Å². The van der Waals surface area contributed by atoms with E-state index in [9.17, 15) is 5.11 Å². The molecule has 3 nitrogen and oxygen atoms in total. The molecule has 1 rings (SSSR count). The van der Waals surface area contributed by atoms with Crippen molar-refractivity contribution in [3.8, 4) is 0 Å². The average Bonchev–Trinajstić information content (AvgIpc) is 2.28. The molecule has 0 radical (unpaired) electrons. The summed E-state index contributed by atoms with van der Waals surface area (Å²) >= 11 is 0. The predicted octanol–water partition coefficient (Wildman–Crippen LogP) is 1.21. The van der Waals surface area contributed by atoms with Crippen LogP contribution in [0.2, 0.25) is 0 Å². The van der Waals surface area contributed by atoms with Gasteiger partial charge >= 0.3 is 0 Å². The second kappa shape index (κ2) is 5.28. The van der Waals surface area contributed by atoms with Crippen LogP contribution in [-0.2, 0) is 0 Å². The smallest absolute Gasteiger partial charge is 0.0610 e. The number of hydrogen-bond acceptors (Lipinski definition) is 3. The van der Waals surface area contributed by atoms with Crippen molar-refractivity contribution >= 4 is 0 Å². The number of aliphatic hydroxyl groups is 1. The highest BCUT2D eigenvalue weighted by molar-refractivity contribution is 4.89. The second-order valence-corrected chi connectivity index (χ2v) is 5.43. The lowest BCUT2D eigenvalue weighted by molar-refractivity contribution is 0.00987. The van der Waals surface area contributed by atoms with Gasteiger partial charge in [0.15, 0.2) is 0 Å². The van der Waals surface area contributed by atoms with Crippen LogP contribution in [0.25, 0.3) is 0 Å². The highest BCUT2D eigenvalue weighted by atomic mass is 16.3. The molecule has 1 aliphatic rings. The lowest BCUT2D eigenvalue weighted by Gasteiger charge is -2.45. The molecule has 3 N–H and O–H groups in total. The van der Waals surface area contributed by atoms with Gasteiger partial charge in [0.05, 0.1) is 6.61 Å². The Kier molecular flexibility index (Phi) is 4.56. The summed E-state index contributed by atoms with van der Waals surface area (Å²) in [5.74, 6) is 0.606. The first kappa shape index (κ1) is 12.9. The Morgan fingerprint density at radius 1 is 1.33 bits per heavy atom. The van der Waals surface area contributed by atoms with Crippen LogP contribution in [0.4, 0.5) is 0 Å². The van der Waals surface area contributed by atoms with Gasteiger partial charge in [-0.3, -0.25) is 4.90 Å². The first-order valence-electron chi connectivity index (χ1n) is 6.07. The summed E-state index contributed by atoms with van der Waals surface area (Å²) in [5, 5.41) is 9.38. The summed E-state index contributed by atoms with van der Waals surface area (Å²) < 4.78 is 0. The van der Waals surface area contributed by atoms with E-state index in [2.05, 4.69) is 25.8 Å². The van der Waals surface area contributed by atoms with E-state index in [4.69, 9.17) is 5.73 Å². The summed E-state index contributed by atoms with van der Waals surface area (Å²) in [5.41, 5.74) is 5.70. The van der Waals surface area contributed by atoms with E-state index in [1.54, 1.807) is 0 Å². The topological polar surface area (TPSA) is 49.5 Å². The lowest BCUT2D eigenvalue weighted by Crippen LogP contribution is -2.54. The minimum atomic E-state index is -0.130. The van der Waals surface area contributed by atoms with Crippen molar-refractivity contribution in [1.29, 1.82) is 0 Å². The van der Waals surface area contributed by atoms with Crippen molar-refractivity contribution in [2.75, 3.05) is 20.2 Å². The second-order valence-electron chi connectivity index (χ2n) is 5.43. The summed E-state index contributed by atoms with van der Waals surface area (Å²) in [7, 11) is 2.12. The zero-order chi connectivity index (χ0) is 11.5. The fraction of sp³-hybridized carbons (Fsp3) is 1.00. The molecule has 90 valence electrons. The van der Waals surface area contributed by atoms with E-state index in [0.717, 1.165) is 6.54 Å². The molecule has 0 amide bonds. The van der Waals surface area contributed by atoms with Crippen LogP contribution in [0.15, 0.2) is 0 Å². The lowest BCUT2D eigenvalue weighted by atomic mass is 9.82. The fourth-order valence-electron chi connectivity index (χ4n) is 2.53. The van der Waals surface area contributed by atoms with Gasteiger partial charge in [0, 0.05) is 11.6 Å². The molecule has 0 heterocycles. The van der Waals surface area contributed by atoms with E-state index in [0.29, 0.717) is 12.0 Å². The first-order chi connectivity index (χ1) is 7.03. The Labute approximate surface area is 93.6 Å². The fourth-order valence-corrected chi connectivity index (χ4v) is 2.53. The third-order valence-corrected chi connectivity index (χ3v) is 4.01. The van der Waals surface area contributed by atoms with E-state index in [-0.39, 0.29) is 12.1 Å². The van der Waals surface area contributed by atoms with Crippen molar-refractivity contribution in [2.24, 2.45) is 11.7 Å². The maximum Gasteiger partial charge on any atom is 0.0610 e. The van der Waals surface area contributed by atoms with Crippen molar-refractivity contribution in [2.45, 2.75) is 51.1 Å². The molecule has 3 heteroatoms. The number of likely N-dealkylation sites (N-methyl/N-ethyl adjacent to an activating group) is 1. The van der Waals surface area contributed by atoms with Crippen LogP contribution >= 0.6 is 0 Å². The molecule has 1 aliphatic carbocycles. The van der Waals surface area contributed by atoms with Gasteiger partial charge in [-0.2, -0.15) is 0 Å². The molecule has 2 unspecified atom stereocenters. The van der Waals surface area contributed by atoms with Crippen LogP contribution in [-0.4, -0.2) is 41.8 Å². The molecular weight excluding hydrogens is 188 g/mol. The molecule has 0 aromatic rings. The minimum Gasteiger partial charge on any atom is -0.394 e. The molecular formula is C12H26N2O. The number of nitrogens with two attached hydrogens (primary N) is 1. The monoisotopic (exact) mass is 214 g/mol. The molecule has 0 aromatic carbocycles. The molecule has 0 aliphatic heterocycles. The molecule has 2 atom stereocenters. The van der Waals surface area contributed by atoms with Crippen molar-refractivity contribution in [3.05, 3.63) is 0 Å². The summed E-state index contributed by atoms with van der Waals surface area (Å²) in [6.07, 6.45) is 5.08. The van der Waals surface area contributed by atoms with Crippen LogP contribution in [0.5, 0.6) is 0 Å². The normalized spacial score (nSPS) is 28.4. The largest absolute Gasteiger partial charge is 0.394 e. The Morgan fingerprint density at radius 2 is 1.93 bits per heavy atom. The molecule has 0 saturated heterocycles. The van der Waals surface area contributed by atoms with Gasteiger partial charge in [0.2, 0.25) is 0 Å². The Morgan fingerprint density at radius 3 is 2.47 bits per heavy atom. The SMILES string of the molecule is CN(C1CCCCC1CN)C(C)(C)CO. The van der Waals surface area contributed by atoms with Crippen LogP contribution in [0.1, 0.15) is 39.5 Å². The zero-order valence-corrected chi connectivity index (χ0v) is 10.4. The Bertz CT molecular complexity index is 194. The number of aliphatic hydroxyl groups excluding tert-OH is 1. The van der Waals surface area contributed by atoms with E-state index >= 15 is 0 Å². The van der Waals surface area contributed by atoms with Gasteiger partial charge in [-0.25, -0.2) is 0 Å². The number of hydrogen-bond donors (Lipinski definition) is 2. The standard InChI is InChI=1S/C12H26N2O/c1-12(2,9-15)14(3)11-7-5-4-6-10(11)8-13/h10-11,15H,4-9,13H2,1-3H3. The van der Waals surface area contributed by atoms with Crippen molar-refractivity contribution in [1.82, 2.24) is 4.90 Å². The quantitative estimate of drug-likeness (QED) is 0.739. The van der Waals surface area contributed by atoms with Crippen molar-refractivity contribution < 1.29 is 5.11 Å². The van der Waals surface area contributed by atoms with Crippen molar-refractivity contribution in [3.63, 3.8) is 0 Å². The van der Waals surface area contributed by atoms with Gasteiger partial charge in [0.25, 0.3) is 0 Å². The van der Waals surface area contributed by atoms with E-state index < -0.39 is 0 Å². The Hall–Kier alpha value is -0.120. The van der Waals surface area contributed by atoms with E-state index in [1.165, 1.54) is 25.7 Å². The number of nitrogens with zero attached hydrogens (tertiary/aromatic N) is 1. The summed E-state index contributed by atoms with van der Waals surface area (Å²) in [4.78, 5) is 2.32. The maximum absolute atomic E-state index is 9.38. The highest BCUT2D eigenvalue weighted by Gasteiger charge is 2.34.